The SMILES string of the molecule is Cc1nc2ccccc2nc1N1CCN(Cc2cc(=O)n3ccsc3n2)CC1. The van der Waals surface area contributed by atoms with Crippen LogP contribution in [0.15, 0.2) is 46.7 Å². The predicted octanol–water partition coefficient (Wildman–Crippen LogP) is 2.33. The number of hydrogen-bond donors (Lipinski definition) is 0. The lowest BCUT2D eigenvalue weighted by Gasteiger charge is -2.35. The summed E-state index contributed by atoms with van der Waals surface area (Å²) in [6.07, 6.45) is 1.77. The third-order valence-electron chi connectivity index (χ3n) is 5.13. The summed E-state index contributed by atoms with van der Waals surface area (Å²) >= 11 is 1.49. The fourth-order valence-electron chi connectivity index (χ4n) is 3.69. The largest absolute Gasteiger partial charge is 0.353 e. The third kappa shape index (κ3) is 3.14. The summed E-state index contributed by atoms with van der Waals surface area (Å²) in [5.41, 5.74) is 3.65. The Kier molecular flexibility index (Phi) is 4.29. The molecular weight excluding hydrogens is 372 g/mol. The van der Waals surface area contributed by atoms with Crippen molar-refractivity contribution in [2.24, 2.45) is 0 Å². The highest BCUT2D eigenvalue weighted by atomic mass is 32.1. The number of piperazine rings is 1. The van der Waals surface area contributed by atoms with Gasteiger partial charge in [0.25, 0.3) is 5.56 Å². The van der Waals surface area contributed by atoms with E-state index in [0.717, 1.165) is 59.4 Å². The summed E-state index contributed by atoms with van der Waals surface area (Å²) in [7, 11) is 0. The topological polar surface area (TPSA) is 66.6 Å². The molecule has 0 amide bonds. The van der Waals surface area contributed by atoms with E-state index in [1.807, 2.05) is 36.6 Å². The van der Waals surface area contributed by atoms with Gasteiger partial charge in [0.15, 0.2) is 10.8 Å². The van der Waals surface area contributed by atoms with E-state index in [2.05, 4.69) is 14.8 Å². The van der Waals surface area contributed by atoms with Crippen LogP contribution in [0.1, 0.15) is 11.4 Å². The minimum atomic E-state index is -0.0121. The molecule has 0 atom stereocenters. The molecule has 0 N–H and O–H groups in total. The molecule has 28 heavy (non-hydrogen) atoms. The summed E-state index contributed by atoms with van der Waals surface area (Å²) in [5.74, 6) is 0.967. The molecule has 8 heteroatoms. The van der Waals surface area contributed by atoms with E-state index in [0.29, 0.717) is 6.54 Å². The first kappa shape index (κ1) is 17.3. The van der Waals surface area contributed by atoms with E-state index in [-0.39, 0.29) is 5.56 Å². The number of thiazole rings is 1. The molecule has 0 saturated carbocycles. The second-order valence-corrected chi connectivity index (χ2v) is 7.90. The first-order chi connectivity index (χ1) is 13.7. The van der Waals surface area contributed by atoms with Gasteiger partial charge in [-0.3, -0.25) is 14.1 Å². The van der Waals surface area contributed by atoms with Crippen molar-refractivity contribution in [2.45, 2.75) is 13.5 Å². The van der Waals surface area contributed by atoms with Gasteiger partial charge in [-0.2, -0.15) is 0 Å². The molecule has 1 fully saturated rings. The molecule has 5 rings (SSSR count). The maximum absolute atomic E-state index is 12.2. The van der Waals surface area contributed by atoms with Crippen LogP contribution in [0.3, 0.4) is 0 Å². The van der Waals surface area contributed by atoms with Crippen molar-refractivity contribution in [1.29, 1.82) is 0 Å². The molecule has 1 aliphatic heterocycles. The van der Waals surface area contributed by atoms with E-state index in [1.54, 1.807) is 16.7 Å². The van der Waals surface area contributed by atoms with Gasteiger partial charge in [-0.25, -0.2) is 15.0 Å². The predicted molar refractivity (Wildman–Crippen MR) is 111 cm³/mol. The Morgan fingerprint density at radius 1 is 1.04 bits per heavy atom. The van der Waals surface area contributed by atoms with Gasteiger partial charge < -0.3 is 4.90 Å². The number of aromatic nitrogens is 4. The van der Waals surface area contributed by atoms with Crippen LogP contribution < -0.4 is 10.5 Å². The Bertz CT molecular complexity index is 1210. The maximum atomic E-state index is 12.2. The minimum Gasteiger partial charge on any atom is -0.353 e. The summed E-state index contributed by atoms with van der Waals surface area (Å²) in [5, 5.41) is 1.89. The maximum Gasteiger partial charge on any atom is 0.258 e. The fraction of sp³-hybridized carbons (Fsp3) is 0.300. The number of anilines is 1. The fourth-order valence-corrected chi connectivity index (χ4v) is 4.43. The average Bonchev–Trinajstić information content (AvgIpc) is 3.17. The highest BCUT2D eigenvalue weighted by molar-refractivity contribution is 7.15. The molecule has 0 aliphatic carbocycles. The second-order valence-electron chi connectivity index (χ2n) is 7.03. The van der Waals surface area contributed by atoms with Crippen LogP contribution >= 0.6 is 11.3 Å². The molecule has 7 nitrogen and oxygen atoms in total. The Hall–Kier alpha value is -2.84. The van der Waals surface area contributed by atoms with Gasteiger partial charge >= 0.3 is 0 Å². The van der Waals surface area contributed by atoms with Gasteiger partial charge in [0.05, 0.1) is 22.4 Å². The molecule has 1 saturated heterocycles. The van der Waals surface area contributed by atoms with Crippen LogP contribution in [-0.4, -0.2) is 50.4 Å². The lowest BCUT2D eigenvalue weighted by atomic mass is 10.2. The zero-order chi connectivity index (χ0) is 19.1. The Balaban J connectivity index is 1.31. The second kappa shape index (κ2) is 6.96. The standard InChI is InChI=1S/C20H20N6OS/c1-14-19(23-17-5-3-2-4-16(17)21-14)25-8-6-24(7-9-25)13-15-12-18(27)26-10-11-28-20(26)22-15/h2-5,10-12H,6-9,13H2,1H3. The Labute approximate surface area is 165 Å². The molecular formula is C20H20N6OS. The van der Waals surface area contributed by atoms with Gasteiger partial charge in [0.1, 0.15) is 0 Å². The van der Waals surface area contributed by atoms with Gasteiger partial charge in [0.2, 0.25) is 0 Å². The van der Waals surface area contributed by atoms with Crippen molar-refractivity contribution in [2.75, 3.05) is 31.1 Å². The molecule has 4 aromatic rings. The van der Waals surface area contributed by atoms with Crippen LogP contribution in [-0.2, 0) is 6.54 Å². The molecule has 0 radical (unpaired) electrons. The van der Waals surface area contributed by atoms with Gasteiger partial charge in [-0.05, 0) is 19.1 Å². The van der Waals surface area contributed by atoms with Crippen LogP contribution in [0.5, 0.6) is 0 Å². The summed E-state index contributed by atoms with van der Waals surface area (Å²) in [4.78, 5) is 31.7. The molecule has 142 valence electrons. The lowest BCUT2D eigenvalue weighted by Crippen LogP contribution is -2.46. The molecule has 0 spiro atoms. The first-order valence-corrected chi connectivity index (χ1v) is 10.2. The van der Waals surface area contributed by atoms with E-state index in [1.165, 1.54) is 11.3 Å². The van der Waals surface area contributed by atoms with Crippen molar-refractivity contribution >= 4 is 33.1 Å². The monoisotopic (exact) mass is 392 g/mol. The highest BCUT2D eigenvalue weighted by Gasteiger charge is 2.21. The first-order valence-electron chi connectivity index (χ1n) is 9.34. The number of hydrogen-bond acceptors (Lipinski definition) is 7. The van der Waals surface area contributed by atoms with E-state index >= 15 is 0 Å². The number of fused-ring (bicyclic) bond motifs is 2. The van der Waals surface area contributed by atoms with Gasteiger partial charge in [-0.15, -0.1) is 11.3 Å². The normalized spacial score (nSPS) is 15.5. The van der Waals surface area contributed by atoms with E-state index in [9.17, 15) is 4.79 Å². The number of para-hydroxylation sites is 2. The zero-order valence-electron chi connectivity index (χ0n) is 15.6. The number of benzene rings is 1. The zero-order valence-corrected chi connectivity index (χ0v) is 16.4. The van der Waals surface area contributed by atoms with Crippen molar-refractivity contribution < 1.29 is 0 Å². The summed E-state index contributed by atoms with van der Waals surface area (Å²) in [6.45, 7) is 6.29. The Morgan fingerprint density at radius 2 is 1.79 bits per heavy atom. The summed E-state index contributed by atoms with van der Waals surface area (Å²) in [6, 6.07) is 9.63. The van der Waals surface area contributed by atoms with Crippen molar-refractivity contribution in [3.63, 3.8) is 0 Å². The van der Waals surface area contributed by atoms with Crippen molar-refractivity contribution in [3.8, 4) is 0 Å². The minimum absolute atomic E-state index is 0.0121. The molecule has 3 aromatic heterocycles. The van der Waals surface area contributed by atoms with Crippen LogP contribution in [0.2, 0.25) is 0 Å². The Morgan fingerprint density at radius 3 is 2.57 bits per heavy atom. The van der Waals surface area contributed by atoms with E-state index in [4.69, 9.17) is 9.97 Å². The highest BCUT2D eigenvalue weighted by Crippen LogP contribution is 2.21. The molecule has 0 unspecified atom stereocenters. The summed E-state index contributed by atoms with van der Waals surface area (Å²) < 4.78 is 1.59. The quantitative estimate of drug-likeness (QED) is 0.533. The molecule has 1 aromatic carbocycles. The molecule has 4 heterocycles. The van der Waals surface area contributed by atoms with Crippen molar-refractivity contribution in [1.82, 2.24) is 24.3 Å². The van der Waals surface area contributed by atoms with Crippen LogP contribution in [0, 0.1) is 6.92 Å². The number of nitrogens with zero attached hydrogens (tertiary/aromatic N) is 6. The van der Waals surface area contributed by atoms with Gasteiger partial charge in [-0.1, -0.05) is 12.1 Å². The molecule has 1 aliphatic rings. The number of rotatable bonds is 3. The third-order valence-corrected chi connectivity index (χ3v) is 5.89. The van der Waals surface area contributed by atoms with E-state index < -0.39 is 0 Å². The average molecular weight is 392 g/mol. The van der Waals surface area contributed by atoms with Crippen LogP contribution in [0.4, 0.5) is 5.82 Å². The molecule has 0 bridgehead atoms. The van der Waals surface area contributed by atoms with Crippen molar-refractivity contribution in [3.05, 3.63) is 63.7 Å². The van der Waals surface area contributed by atoms with Crippen LogP contribution in [0.25, 0.3) is 16.0 Å². The lowest BCUT2D eigenvalue weighted by molar-refractivity contribution is 0.246. The van der Waals surface area contributed by atoms with Gasteiger partial charge in [0, 0.05) is 50.4 Å². The smallest absolute Gasteiger partial charge is 0.258 e. The number of aryl methyl sites for hydroxylation is 1.